The van der Waals surface area contributed by atoms with E-state index in [1.165, 1.54) is 5.56 Å². The van der Waals surface area contributed by atoms with Crippen LogP contribution < -0.4 is 11.1 Å². The Morgan fingerprint density at radius 2 is 1.81 bits per heavy atom. The van der Waals surface area contributed by atoms with E-state index in [1.807, 2.05) is 54.6 Å². The molecule has 1 unspecified atom stereocenters. The van der Waals surface area contributed by atoms with Gasteiger partial charge in [0.2, 0.25) is 0 Å². The molecular formula is C21H24N4O. The number of anilines is 1. The van der Waals surface area contributed by atoms with E-state index in [0.717, 1.165) is 29.6 Å². The monoisotopic (exact) mass is 348 g/mol. The van der Waals surface area contributed by atoms with Crippen molar-refractivity contribution in [1.82, 2.24) is 9.97 Å². The highest BCUT2D eigenvalue weighted by molar-refractivity contribution is 5.88. The third-order valence-corrected chi connectivity index (χ3v) is 4.30. The van der Waals surface area contributed by atoms with Crippen LogP contribution in [0.1, 0.15) is 24.8 Å². The summed E-state index contributed by atoms with van der Waals surface area (Å²) in [5.41, 5.74) is 8.19. The summed E-state index contributed by atoms with van der Waals surface area (Å²) in [6, 6.07) is 17.8. The van der Waals surface area contributed by atoms with Crippen LogP contribution in [0.15, 0.2) is 60.9 Å². The van der Waals surface area contributed by atoms with Gasteiger partial charge in [0.25, 0.3) is 0 Å². The fourth-order valence-corrected chi connectivity index (χ4v) is 3.02. The topological polar surface area (TPSA) is 80.9 Å². The van der Waals surface area contributed by atoms with Crippen molar-refractivity contribution >= 4 is 22.5 Å². The normalized spacial score (nSPS) is 12.0. The van der Waals surface area contributed by atoms with E-state index in [1.54, 1.807) is 6.33 Å². The number of nitrogens with one attached hydrogen (secondary N) is 1. The Kier molecular flexibility index (Phi) is 6.28. The van der Waals surface area contributed by atoms with Gasteiger partial charge in [0.1, 0.15) is 17.9 Å². The molecule has 1 aromatic heterocycles. The van der Waals surface area contributed by atoms with Gasteiger partial charge in [-0.25, -0.2) is 9.97 Å². The first-order chi connectivity index (χ1) is 12.7. The molecular weight excluding hydrogens is 324 g/mol. The lowest BCUT2D eigenvalue weighted by molar-refractivity contribution is -0.119. The van der Waals surface area contributed by atoms with E-state index in [-0.39, 0.29) is 11.8 Å². The molecule has 2 aromatic carbocycles. The Labute approximate surface area is 153 Å². The summed E-state index contributed by atoms with van der Waals surface area (Å²) in [6.07, 6.45) is 4.00. The minimum absolute atomic E-state index is 0.122. The zero-order valence-corrected chi connectivity index (χ0v) is 14.8. The molecule has 3 N–H and O–H groups in total. The number of ketones is 1. The van der Waals surface area contributed by atoms with Crippen molar-refractivity contribution in [2.24, 2.45) is 5.73 Å². The Morgan fingerprint density at radius 3 is 2.65 bits per heavy atom. The van der Waals surface area contributed by atoms with Crippen LogP contribution in [0.25, 0.3) is 10.9 Å². The fourth-order valence-electron chi connectivity index (χ4n) is 3.02. The van der Waals surface area contributed by atoms with Gasteiger partial charge in [-0.05, 0) is 30.5 Å². The van der Waals surface area contributed by atoms with E-state index in [4.69, 9.17) is 5.73 Å². The van der Waals surface area contributed by atoms with Crippen molar-refractivity contribution in [3.05, 3.63) is 66.5 Å². The van der Waals surface area contributed by atoms with Gasteiger partial charge in [0, 0.05) is 30.8 Å². The largest absolute Gasteiger partial charge is 0.369 e. The highest BCUT2D eigenvalue weighted by atomic mass is 16.1. The average Bonchev–Trinajstić information content (AvgIpc) is 2.66. The quantitative estimate of drug-likeness (QED) is 0.580. The number of benzene rings is 2. The van der Waals surface area contributed by atoms with Crippen LogP contribution in [0.3, 0.4) is 0 Å². The summed E-state index contributed by atoms with van der Waals surface area (Å²) in [6.45, 7) is 0.695. The maximum absolute atomic E-state index is 12.1. The summed E-state index contributed by atoms with van der Waals surface area (Å²) in [7, 11) is 0. The van der Waals surface area contributed by atoms with Crippen LogP contribution in [0, 0.1) is 0 Å². The highest BCUT2D eigenvalue weighted by Crippen LogP contribution is 2.18. The number of rotatable bonds is 9. The van der Waals surface area contributed by atoms with Crippen molar-refractivity contribution in [3.63, 3.8) is 0 Å². The average molecular weight is 348 g/mol. The first-order valence-electron chi connectivity index (χ1n) is 8.97. The van der Waals surface area contributed by atoms with Crippen molar-refractivity contribution in [2.45, 2.75) is 31.7 Å². The maximum atomic E-state index is 12.1. The SMILES string of the molecule is NC(CC(=O)CCCNc1ncnc2ccccc12)Cc1ccccc1. The van der Waals surface area contributed by atoms with Gasteiger partial charge < -0.3 is 11.1 Å². The number of hydrogen-bond acceptors (Lipinski definition) is 5. The molecule has 0 spiro atoms. The first kappa shape index (κ1) is 18.0. The van der Waals surface area contributed by atoms with E-state index < -0.39 is 0 Å². The van der Waals surface area contributed by atoms with Gasteiger partial charge in [0.15, 0.2) is 0 Å². The van der Waals surface area contributed by atoms with Gasteiger partial charge in [-0.3, -0.25) is 4.79 Å². The van der Waals surface area contributed by atoms with Crippen LogP contribution in [-0.4, -0.2) is 28.3 Å². The van der Waals surface area contributed by atoms with Crippen LogP contribution >= 0.6 is 0 Å². The first-order valence-corrected chi connectivity index (χ1v) is 8.97. The number of carbonyl (C=O) groups excluding carboxylic acids is 1. The second-order valence-electron chi connectivity index (χ2n) is 6.46. The molecule has 0 aliphatic rings. The Bertz CT molecular complexity index is 846. The molecule has 5 nitrogen and oxygen atoms in total. The van der Waals surface area contributed by atoms with Crippen LogP contribution in [-0.2, 0) is 11.2 Å². The zero-order valence-electron chi connectivity index (χ0n) is 14.8. The molecule has 0 aliphatic carbocycles. The van der Waals surface area contributed by atoms with Gasteiger partial charge in [-0.1, -0.05) is 42.5 Å². The molecule has 5 heteroatoms. The van der Waals surface area contributed by atoms with Crippen molar-refractivity contribution < 1.29 is 4.79 Å². The molecule has 134 valence electrons. The lowest BCUT2D eigenvalue weighted by Gasteiger charge is -2.11. The molecule has 0 amide bonds. The minimum Gasteiger partial charge on any atom is -0.369 e. The second kappa shape index (κ2) is 9.06. The summed E-state index contributed by atoms with van der Waals surface area (Å²) in [4.78, 5) is 20.7. The molecule has 0 saturated heterocycles. The number of hydrogen-bond donors (Lipinski definition) is 2. The number of fused-ring (bicyclic) bond motifs is 1. The number of nitrogens with zero attached hydrogens (tertiary/aromatic N) is 2. The van der Waals surface area contributed by atoms with E-state index in [9.17, 15) is 4.79 Å². The molecule has 0 aliphatic heterocycles. The van der Waals surface area contributed by atoms with Gasteiger partial charge in [-0.2, -0.15) is 0 Å². The summed E-state index contributed by atoms with van der Waals surface area (Å²) in [5, 5.41) is 4.29. The Balaban J connectivity index is 1.41. The highest BCUT2D eigenvalue weighted by Gasteiger charge is 2.10. The molecule has 26 heavy (non-hydrogen) atoms. The number of carbonyl (C=O) groups is 1. The molecule has 1 heterocycles. The molecule has 0 bridgehead atoms. The third kappa shape index (κ3) is 5.10. The number of aromatic nitrogens is 2. The number of Topliss-reactive ketones (excluding diaryl/α,β-unsaturated/α-hetero) is 1. The Hall–Kier alpha value is -2.79. The second-order valence-corrected chi connectivity index (χ2v) is 6.46. The third-order valence-electron chi connectivity index (χ3n) is 4.30. The molecule has 0 radical (unpaired) electrons. The molecule has 1 atom stereocenters. The molecule has 0 fully saturated rings. The van der Waals surface area contributed by atoms with Gasteiger partial charge >= 0.3 is 0 Å². The molecule has 0 saturated carbocycles. The lowest BCUT2D eigenvalue weighted by atomic mass is 10.0. The number of para-hydroxylation sites is 1. The summed E-state index contributed by atoms with van der Waals surface area (Å²) < 4.78 is 0. The standard InChI is InChI=1S/C21H24N4O/c22-17(13-16-7-2-1-3-8-16)14-18(26)9-6-12-23-21-19-10-4-5-11-20(19)24-15-25-21/h1-5,7-8,10-11,15,17H,6,9,12-14,22H2,(H,23,24,25). The fraction of sp³-hybridized carbons (Fsp3) is 0.286. The van der Waals surface area contributed by atoms with Crippen LogP contribution in [0.4, 0.5) is 5.82 Å². The van der Waals surface area contributed by atoms with Gasteiger partial charge in [0.05, 0.1) is 5.52 Å². The van der Waals surface area contributed by atoms with E-state index >= 15 is 0 Å². The van der Waals surface area contributed by atoms with E-state index in [0.29, 0.717) is 19.4 Å². The number of nitrogens with two attached hydrogens (primary N) is 1. The van der Waals surface area contributed by atoms with Gasteiger partial charge in [-0.15, -0.1) is 0 Å². The Morgan fingerprint density at radius 1 is 1.04 bits per heavy atom. The lowest BCUT2D eigenvalue weighted by Crippen LogP contribution is -2.26. The molecule has 3 rings (SSSR count). The maximum Gasteiger partial charge on any atom is 0.137 e. The summed E-state index contributed by atoms with van der Waals surface area (Å²) in [5.74, 6) is 1.02. The predicted octanol–water partition coefficient (Wildman–Crippen LogP) is 3.35. The van der Waals surface area contributed by atoms with Crippen molar-refractivity contribution in [2.75, 3.05) is 11.9 Å². The predicted molar refractivity (Wildman–Crippen MR) is 105 cm³/mol. The van der Waals surface area contributed by atoms with Crippen LogP contribution in [0.5, 0.6) is 0 Å². The smallest absolute Gasteiger partial charge is 0.137 e. The van der Waals surface area contributed by atoms with Crippen molar-refractivity contribution in [1.29, 1.82) is 0 Å². The molecule has 3 aromatic rings. The van der Waals surface area contributed by atoms with E-state index in [2.05, 4.69) is 15.3 Å². The summed E-state index contributed by atoms with van der Waals surface area (Å²) >= 11 is 0. The van der Waals surface area contributed by atoms with Crippen LogP contribution in [0.2, 0.25) is 0 Å². The van der Waals surface area contributed by atoms with Crippen molar-refractivity contribution in [3.8, 4) is 0 Å². The minimum atomic E-state index is -0.122. The zero-order chi connectivity index (χ0) is 18.2.